The van der Waals surface area contributed by atoms with Crippen molar-refractivity contribution in [1.82, 2.24) is 0 Å². The summed E-state index contributed by atoms with van der Waals surface area (Å²) in [4.78, 5) is 26.1. The zero-order valence-electron chi connectivity index (χ0n) is 45.5. The molecule has 20 atom stereocenters. The quantitative estimate of drug-likeness (QED) is 0.0168. The number of esters is 2. The van der Waals surface area contributed by atoms with Crippen molar-refractivity contribution in [2.24, 2.45) is 0 Å². The molecule has 5 heterocycles. The summed E-state index contributed by atoms with van der Waals surface area (Å²) in [6.45, 7) is -3.30. The van der Waals surface area contributed by atoms with Gasteiger partial charge in [0.05, 0.1) is 24.8 Å². The molecular formula is C57H63O31+. The first kappa shape index (κ1) is 64.9. The number of aliphatic hydroxyl groups excluding tert-OH is 13. The van der Waals surface area contributed by atoms with Gasteiger partial charge in [-0.05, 0) is 71.8 Å². The summed E-state index contributed by atoms with van der Waals surface area (Å²) < 4.78 is 63.7. The molecule has 4 aliphatic rings. The molecule has 476 valence electrons. The second-order valence-corrected chi connectivity index (χ2v) is 20.6. The van der Waals surface area contributed by atoms with Crippen LogP contribution in [0.2, 0.25) is 0 Å². The van der Waals surface area contributed by atoms with Crippen molar-refractivity contribution < 1.29 is 153 Å². The van der Waals surface area contributed by atoms with E-state index in [0.29, 0.717) is 0 Å². The molecule has 18 N–H and O–H groups in total. The molecule has 8 unspecified atom stereocenters. The Hall–Kier alpha value is -7.61. The van der Waals surface area contributed by atoms with Crippen molar-refractivity contribution in [3.05, 3.63) is 102 Å². The van der Waals surface area contributed by atoms with Gasteiger partial charge in [-0.1, -0.05) is 12.1 Å². The van der Waals surface area contributed by atoms with E-state index >= 15 is 0 Å². The Bertz CT molecular complexity index is 3280. The van der Waals surface area contributed by atoms with E-state index in [1.807, 2.05) is 0 Å². The van der Waals surface area contributed by atoms with Crippen LogP contribution in [0.15, 0.2) is 95.4 Å². The van der Waals surface area contributed by atoms with Gasteiger partial charge < -0.3 is 139 Å². The Balaban J connectivity index is 0.983. The Morgan fingerprint density at radius 3 is 1.48 bits per heavy atom. The van der Waals surface area contributed by atoms with Crippen LogP contribution in [0.5, 0.6) is 46.0 Å². The van der Waals surface area contributed by atoms with Crippen LogP contribution in [0.1, 0.15) is 11.1 Å². The van der Waals surface area contributed by atoms with Crippen LogP contribution in [0.25, 0.3) is 34.4 Å². The third-order valence-corrected chi connectivity index (χ3v) is 14.5. The number of hydrogen-bond donors (Lipinski definition) is 18. The number of fused-ring (bicyclic) bond motifs is 1. The predicted octanol–water partition coefficient (Wildman–Crippen LogP) is -3.20. The van der Waals surface area contributed by atoms with Crippen LogP contribution in [-0.2, 0) is 42.7 Å². The Morgan fingerprint density at radius 1 is 0.443 bits per heavy atom. The summed E-state index contributed by atoms with van der Waals surface area (Å²) in [5.74, 6) is -5.55. The molecule has 0 radical (unpaired) electrons. The maximum absolute atomic E-state index is 13.1. The Labute approximate surface area is 495 Å². The van der Waals surface area contributed by atoms with E-state index in [9.17, 15) is 102 Å². The molecule has 4 aliphatic heterocycles. The highest BCUT2D eigenvalue weighted by atomic mass is 16.8. The highest BCUT2D eigenvalue weighted by Gasteiger charge is 2.53. The summed E-state index contributed by atoms with van der Waals surface area (Å²) in [6, 6.07) is 15.9. The summed E-state index contributed by atoms with van der Waals surface area (Å²) in [6.07, 6.45) is -33.4. The number of aliphatic hydroxyl groups is 13. The van der Waals surface area contributed by atoms with Crippen LogP contribution in [0.4, 0.5) is 0 Å². The smallest absolute Gasteiger partial charge is 0.402 e. The van der Waals surface area contributed by atoms with E-state index in [4.69, 9.17) is 51.8 Å². The van der Waals surface area contributed by atoms with Crippen LogP contribution in [0, 0.1) is 0 Å². The van der Waals surface area contributed by atoms with Gasteiger partial charge in [0.1, 0.15) is 127 Å². The maximum atomic E-state index is 13.1. The molecule has 0 aliphatic carbocycles. The van der Waals surface area contributed by atoms with Crippen LogP contribution >= 0.6 is 0 Å². The molecule has 88 heavy (non-hydrogen) atoms. The van der Waals surface area contributed by atoms with Crippen molar-refractivity contribution in [2.75, 3.05) is 26.4 Å². The number of ether oxygens (including phenoxy) is 10. The molecule has 4 aromatic carbocycles. The number of carbonyl (C=O) groups is 2. The van der Waals surface area contributed by atoms with Crippen molar-refractivity contribution >= 4 is 35.1 Å². The first-order valence-electron chi connectivity index (χ1n) is 26.9. The van der Waals surface area contributed by atoms with E-state index in [0.717, 1.165) is 42.5 Å². The molecule has 31 nitrogen and oxygen atoms in total. The molecule has 4 saturated heterocycles. The lowest BCUT2D eigenvalue weighted by molar-refractivity contribution is -0.358. The molecular weight excluding hydrogens is 1180 g/mol. The molecule has 0 bridgehead atoms. The number of benzene rings is 4. The molecule has 4 fully saturated rings. The molecule has 0 saturated carbocycles. The standard InChI is InChI=1S/C57H62O31/c58-18-35-41(67)45(71)49(75)54(84-35)81-32-16-26(61)15-31-27(32)17-34(52(80-31)24-5-7-25(60)8-6-24)83-57-53(48(74)44(70)38(87-57)21-79-39(65)11-3-22-1-9-28(62)30(64)13-22)88-56-51(77)47(73)43(69)37(86-56)20-78-40(66)12-4-23-2-10-29(63)33(14-23)82-55-50(76)46(72)42(68)36(19-59)85-55/h1-17,35-38,41-51,53-59,67-77H,18-21H2,(H4-,60,61,62,63,64,65,66)/p+1/t35?,36?,37?,38?,41-,42-,43-,44-,45+,46+,47?,48+,49?,50?,51-,53?,54-,55-,56+,57-/m1/s1. The SMILES string of the molecule is O=C(/C=C/c1ccc(O)c(O[C@@H]2OC(CO)[C@@H](O)[C@H](O)C2O)c1)OCC1O[C@@H](OC2[C@H](Oc3cc4c(O[C@@H]5OC(CO)[C@@H](O)[C@H](O)C5O)cc(O)cc4[o+]c3-c3ccc(O)cc3)OC(COC(=O)/C=C/c3ccc(O)c(O)c3)[C@@H](O)[C@@H]2O)[C@H](O)C(O)[C@@H]1O. The molecule has 1 aromatic heterocycles. The molecule has 5 aromatic rings. The van der Waals surface area contributed by atoms with Crippen molar-refractivity contribution in [3.63, 3.8) is 0 Å². The van der Waals surface area contributed by atoms with Gasteiger partial charge in [0.15, 0.2) is 35.4 Å². The van der Waals surface area contributed by atoms with Gasteiger partial charge >= 0.3 is 23.3 Å². The second-order valence-electron chi connectivity index (χ2n) is 20.6. The fourth-order valence-corrected chi connectivity index (χ4v) is 9.61. The van der Waals surface area contributed by atoms with Crippen molar-refractivity contribution in [2.45, 2.75) is 123 Å². The normalized spacial score (nSPS) is 32.6. The van der Waals surface area contributed by atoms with Gasteiger partial charge in [-0.3, -0.25) is 0 Å². The molecule has 31 heteroatoms. The largest absolute Gasteiger partial charge is 0.508 e. The second kappa shape index (κ2) is 27.8. The number of aromatic hydroxyl groups is 5. The van der Waals surface area contributed by atoms with Gasteiger partial charge in [-0.15, -0.1) is 0 Å². The van der Waals surface area contributed by atoms with E-state index in [-0.39, 0.29) is 56.4 Å². The maximum Gasteiger partial charge on any atom is 0.402 e. The third kappa shape index (κ3) is 14.4. The zero-order valence-corrected chi connectivity index (χ0v) is 45.5. The first-order valence-corrected chi connectivity index (χ1v) is 26.9. The van der Waals surface area contributed by atoms with Crippen molar-refractivity contribution in [1.29, 1.82) is 0 Å². The summed E-state index contributed by atoms with van der Waals surface area (Å²) in [7, 11) is 0. The Kier molecular flexibility index (Phi) is 20.5. The lowest BCUT2D eigenvalue weighted by Gasteiger charge is -2.45. The van der Waals surface area contributed by atoms with E-state index in [2.05, 4.69) is 0 Å². The minimum atomic E-state index is -2.20. The first-order chi connectivity index (χ1) is 41.9. The average molecular weight is 1240 g/mol. The number of hydrogen-bond acceptors (Lipinski definition) is 30. The highest BCUT2D eigenvalue weighted by molar-refractivity contribution is 5.89. The minimum Gasteiger partial charge on any atom is -0.508 e. The van der Waals surface area contributed by atoms with E-state index in [1.54, 1.807) is 0 Å². The fourth-order valence-electron chi connectivity index (χ4n) is 9.61. The number of rotatable bonds is 19. The summed E-state index contributed by atoms with van der Waals surface area (Å²) >= 11 is 0. The lowest BCUT2D eigenvalue weighted by atomic mass is 9.97. The lowest BCUT2D eigenvalue weighted by Crippen LogP contribution is -2.65. The third-order valence-electron chi connectivity index (χ3n) is 14.5. The number of phenolic OH excluding ortho intramolecular Hbond substituents is 5. The molecule has 0 spiro atoms. The van der Waals surface area contributed by atoms with E-state index in [1.165, 1.54) is 60.7 Å². The van der Waals surface area contributed by atoms with Crippen LogP contribution in [0.3, 0.4) is 0 Å². The van der Waals surface area contributed by atoms with Gasteiger partial charge in [0, 0.05) is 24.3 Å². The van der Waals surface area contributed by atoms with Gasteiger partial charge in [-0.2, -0.15) is 0 Å². The van der Waals surface area contributed by atoms with Gasteiger partial charge in [0.25, 0.3) is 0 Å². The van der Waals surface area contributed by atoms with Gasteiger partial charge in [0.2, 0.25) is 24.6 Å². The monoisotopic (exact) mass is 1240 g/mol. The molecule has 9 rings (SSSR count). The summed E-state index contributed by atoms with van der Waals surface area (Å²) in [5.41, 5.74) is 0.389. The Morgan fingerprint density at radius 2 is 0.920 bits per heavy atom. The topological polar surface area (TPSA) is 502 Å². The predicted molar refractivity (Wildman–Crippen MR) is 289 cm³/mol. The average Bonchev–Trinajstić information content (AvgIpc) is 3.53. The summed E-state index contributed by atoms with van der Waals surface area (Å²) in [5, 5.41) is 190. The highest BCUT2D eigenvalue weighted by Crippen LogP contribution is 2.43. The van der Waals surface area contributed by atoms with E-state index < -0.39 is 184 Å². The fraction of sp³-hybridized carbons (Fsp3) is 0.421. The number of carbonyl (C=O) groups excluding carboxylic acids is 2. The van der Waals surface area contributed by atoms with Gasteiger partial charge in [-0.25, -0.2) is 14.0 Å². The number of phenols is 5. The minimum absolute atomic E-state index is 0.107. The van der Waals surface area contributed by atoms with Crippen LogP contribution in [-0.4, -0.2) is 253 Å². The van der Waals surface area contributed by atoms with Crippen LogP contribution < -0.4 is 14.2 Å². The molecule has 0 amide bonds. The zero-order chi connectivity index (χ0) is 63.4. The van der Waals surface area contributed by atoms with Crippen molar-refractivity contribution in [3.8, 4) is 57.3 Å².